The first kappa shape index (κ1) is 9.40. The Morgan fingerprint density at radius 2 is 2.21 bits per heavy atom. The number of rotatable bonds is 1. The number of anilines is 1. The van der Waals surface area contributed by atoms with Gasteiger partial charge in [0.05, 0.1) is 0 Å². The number of nitrogens with zero attached hydrogens (tertiary/aromatic N) is 3. The van der Waals surface area contributed by atoms with Crippen molar-refractivity contribution in [3.05, 3.63) is 17.6 Å². The van der Waals surface area contributed by atoms with Gasteiger partial charge in [0.1, 0.15) is 12.1 Å². The van der Waals surface area contributed by atoms with Gasteiger partial charge in [-0.1, -0.05) is 0 Å². The SMILES string of the molecule is Cc1ncnc(N2CCC(N)C2)c1C. The second-order valence-electron chi connectivity index (χ2n) is 3.90. The highest BCUT2D eigenvalue weighted by molar-refractivity contribution is 5.48. The monoisotopic (exact) mass is 192 g/mol. The van der Waals surface area contributed by atoms with Crippen molar-refractivity contribution in [2.24, 2.45) is 5.73 Å². The summed E-state index contributed by atoms with van der Waals surface area (Å²) < 4.78 is 0. The largest absolute Gasteiger partial charge is 0.355 e. The molecule has 2 heterocycles. The molecule has 0 bridgehead atoms. The first-order valence-corrected chi connectivity index (χ1v) is 4.97. The molecule has 1 fully saturated rings. The Labute approximate surface area is 84.2 Å². The van der Waals surface area contributed by atoms with E-state index in [0.29, 0.717) is 6.04 Å². The van der Waals surface area contributed by atoms with E-state index in [9.17, 15) is 0 Å². The quantitative estimate of drug-likeness (QED) is 0.709. The van der Waals surface area contributed by atoms with E-state index in [1.54, 1.807) is 6.33 Å². The van der Waals surface area contributed by atoms with Gasteiger partial charge in [-0.2, -0.15) is 0 Å². The van der Waals surface area contributed by atoms with E-state index in [1.807, 2.05) is 6.92 Å². The van der Waals surface area contributed by atoms with Crippen LogP contribution in [0.1, 0.15) is 17.7 Å². The molecule has 1 aliphatic rings. The Bertz CT molecular complexity index is 337. The molecule has 2 rings (SSSR count). The first-order chi connectivity index (χ1) is 6.68. The predicted molar refractivity (Wildman–Crippen MR) is 56.3 cm³/mol. The summed E-state index contributed by atoms with van der Waals surface area (Å²) in [6.07, 6.45) is 2.68. The fourth-order valence-electron chi connectivity index (χ4n) is 1.82. The van der Waals surface area contributed by atoms with Gasteiger partial charge >= 0.3 is 0 Å². The summed E-state index contributed by atoms with van der Waals surface area (Å²) >= 11 is 0. The number of aryl methyl sites for hydroxylation is 1. The Morgan fingerprint density at radius 3 is 2.86 bits per heavy atom. The van der Waals surface area contributed by atoms with Crippen molar-refractivity contribution in [3.63, 3.8) is 0 Å². The van der Waals surface area contributed by atoms with E-state index in [0.717, 1.165) is 31.0 Å². The number of hydrogen-bond acceptors (Lipinski definition) is 4. The third-order valence-corrected chi connectivity index (χ3v) is 2.83. The molecule has 0 aliphatic carbocycles. The van der Waals surface area contributed by atoms with Gasteiger partial charge in [0.25, 0.3) is 0 Å². The van der Waals surface area contributed by atoms with Crippen molar-refractivity contribution in [2.45, 2.75) is 26.3 Å². The van der Waals surface area contributed by atoms with E-state index in [1.165, 1.54) is 5.56 Å². The average molecular weight is 192 g/mol. The van der Waals surface area contributed by atoms with E-state index in [4.69, 9.17) is 5.73 Å². The summed E-state index contributed by atoms with van der Waals surface area (Å²) in [4.78, 5) is 10.7. The standard InChI is InChI=1S/C10H16N4/c1-7-8(2)12-6-13-10(7)14-4-3-9(11)5-14/h6,9H,3-5,11H2,1-2H3. The van der Waals surface area contributed by atoms with Crippen molar-refractivity contribution in [1.29, 1.82) is 0 Å². The zero-order valence-corrected chi connectivity index (χ0v) is 8.70. The van der Waals surface area contributed by atoms with Gasteiger partial charge in [-0.15, -0.1) is 0 Å². The molecular formula is C10H16N4. The third-order valence-electron chi connectivity index (χ3n) is 2.83. The molecule has 1 saturated heterocycles. The molecule has 0 spiro atoms. The van der Waals surface area contributed by atoms with Crippen molar-refractivity contribution < 1.29 is 0 Å². The Balaban J connectivity index is 2.28. The fraction of sp³-hybridized carbons (Fsp3) is 0.600. The first-order valence-electron chi connectivity index (χ1n) is 4.97. The lowest BCUT2D eigenvalue weighted by Crippen LogP contribution is -2.27. The van der Waals surface area contributed by atoms with Gasteiger partial charge in [-0.05, 0) is 20.3 Å². The molecule has 0 amide bonds. The molecule has 1 aromatic rings. The molecule has 1 unspecified atom stereocenters. The maximum atomic E-state index is 5.87. The predicted octanol–water partition coefficient (Wildman–Crippen LogP) is 0.631. The molecule has 1 atom stereocenters. The van der Waals surface area contributed by atoms with E-state index in [2.05, 4.69) is 21.8 Å². The minimum absolute atomic E-state index is 0.296. The van der Waals surface area contributed by atoms with Gasteiger partial charge in [-0.3, -0.25) is 0 Å². The highest BCUT2D eigenvalue weighted by Gasteiger charge is 2.21. The van der Waals surface area contributed by atoms with E-state index >= 15 is 0 Å². The molecule has 4 nitrogen and oxygen atoms in total. The van der Waals surface area contributed by atoms with Crippen LogP contribution in [0.5, 0.6) is 0 Å². The Morgan fingerprint density at radius 1 is 1.43 bits per heavy atom. The molecule has 1 aliphatic heterocycles. The highest BCUT2D eigenvalue weighted by Crippen LogP contribution is 2.21. The van der Waals surface area contributed by atoms with Crippen LogP contribution >= 0.6 is 0 Å². The summed E-state index contributed by atoms with van der Waals surface area (Å²) in [5, 5.41) is 0. The van der Waals surface area contributed by atoms with Crippen molar-refractivity contribution >= 4 is 5.82 Å². The van der Waals surface area contributed by atoms with E-state index in [-0.39, 0.29) is 0 Å². The van der Waals surface area contributed by atoms with Crippen LogP contribution < -0.4 is 10.6 Å². The molecule has 0 saturated carbocycles. The second kappa shape index (κ2) is 3.53. The van der Waals surface area contributed by atoms with Crippen LogP contribution in [-0.2, 0) is 0 Å². The van der Waals surface area contributed by atoms with Crippen LogP contribution in [0, 0.1) is 13.8 Å². The molecule has 0 radical (unpaired) electrons. The summed E-state index contributed by atoms with van der Waals surface area (Å²) in [5.74, 6) is 1.05. The van der Waals surface area contributed by atoms with Crippen molar-refractivity contribution in [3.8, 4) is 0 Å². The van der Waals surface area contributed by atoms with Crippen LogP contribution in [0.25, 0.3) is 0 Å². The van der Waals surface area contributed by atoms with Gasteiger partial charge in [0.15, 0.2) is 0 Å². The lowest BCUT2D eigenvalue weighted by molar-refractivity contribution is 0.751. The zero-order valence-electron chi connectivity index (χ0n) is 8.70. The lowest BCUT2D eigenvalue weighted by Gasteiger charge is -2.19. The third kappa shape index (κ3) is 1.57. The highest BCUT2D eigenvalue weighted by atomic mass is 15.2. The lowest BCUT2D eigenvalue weighted by atomic mass is 10.2. The van der Waals surface area contributed by atoms with Gasteiger partial charge in [0.2, 0.25) is 0 Å². The fourth-order valence-corrected chi connectivity index (χ4v) is 1.82. The maximum Gasteiger partial charge on any atom is 0.135 e. The summed E-state index contributed by atoms with van der Waals surface area (Å²) in [7, 11) is 0. The smallest absolute Gasteiger partial charge is 0.135 e. The van der Waals surface area contributed by atoms with Crippen molar-refractivity contribution in [1.82, 2.24) is 9.97 Å². The summed E-state index contributed by atoms with van der Waals surface area (Å²) in [6.45, 7) is 6.00. The minimum atomic E-state index is 0.296. The molecule has 2 N–H and O–H groups in total. The molecule has 1 aromatic heterocycles. The van der Waals surface area contributed by atoms with Gasteiger partial charge in [0, 0.05) is 30.4 Å². The number of nitrogens with two attached hydrogens (primary N) is 1. The van der Waals surface area contributed by atoms with E-state index < -0.39 is 0 Å². The zero-order chi connectivity index (χ0) is 10.1. The Kier molecular flexibility index (Phi) is 2.37. The summed E-state index contributed by atoms with van der Waals surface area (Å²) in [5.41, 5.74) is 8.09. The number of aromatic nitrogens is 2. The summed E-state index contributed by atoms with van der Waals surface area (Å²) in [6, 6.07) is 0.296. The topological polar surface area (TPSA) is 55.0 Å². The van der Waals surface area contributed by atoms with Crippen LogP contribution in [0.2, 0.25) is 0 Å². The average Bonchev–Trinajstić information content (AvgIpc) is 2.57. The van der Waals surface area contributed by atoms with Crippen LogP contribution in [0.3, 0.4) is 0 Å². The van der Waals surface area contributed by atoms with Crippen LogP contribution in [0.4, 0.5) is 5.82 Å². The molecule has 76 valence electrons. The van der Waals surface area contributed by atoms with Gasteiger partial charge in [-0.25, -0.2) is 9.97 Å². The molecule has 4 heteroatoms. The molecular weight excluding hydrogens is 176 g/mol. The minimum Gasteiger partial charge on any atom is -0.355 e. The normalized spacial score (nSPS) is 21.6. The van der Waals surface area contributed by atoms with Crippen LogP contribution in [0.15, 0.2) is 6.33 Å². The Hall–Kier alpha value is -1.16. The van der Waals surface area contributed by atoms with Gasteiger partial charge < -0.3 is 10.6 Å². The maximum absolute atomic E-state index is 5.87. The van der Waals surface area contributed by atoms with Crippen molar-refractivity contribution in [2.75, 3.05) is 18.0 Å². The van der Waals surface area contributed by atoms with Crippen LogP contribution in [-0.4, -0.2) is 29.1 Å². The number of hydrogen-bond donors (Lipinski definition) is 1. The molecule has 14 heavy (non-hydrogen) atoms. The second-order valence-corrected chi connectivity index (χ2v) is 3.90. The molecule has 0 aromatic carbocycles.